The Bertz CT molecular complexity index is 481. The molecular formula is C19H30N2. The number of benzene rings is 1. The molecule has 1 aliphatic heterocycles. The van der Waals surface area contributed by atoms with Gasteiger partial charge in [-0.25, -0.2) is 0 Å². The molecule has 2 unspecified atom stereocenters. The molecule has 2 aliphatic rings. The zero-order chi connectivity index (χ0) is 15.0. The standard InChI is InChI=1S/C19H30N2/c1-13-10-14(2)18(15(3)11-13)19-16(6-5-9-21(19)4)12-20-17-7-8-17/h10-11,16-17,19-20H,5-9,12H2,1-4H3. The van der Waals surface area contributed by atoms with Crippen LogP contribution in [0.15, 0.2) is 12.1 Å². The van der Waals surface area contributed by atoms with Crippen LogP contribution in [0.4, 0.5) is 0 Å². The summed E-state index contributed by atoms with van der Waals surface area (Å²) in [5.74, 6) is 0.754. The molecule has 21 heavy (non-hydrogen) atoms. The Balaban J connectivity index is 1.87. The van der Waals surface area contributed by atoms with Crippen molar-refractivity contribution in [1.82, 2.24) is 10.2 Å². The molecule has 1 aliphatic carbocycles. The zero-order valence-corrected chi connectivity index (χ0v) is 14.1. The van der Waals surface area contributed by atoms with Crippen molar-refractivity contribution in [3.63, 3.8) is 0 Å². The highest BCUT2D eigenvalue weighted by Gasteiger charge is 2.33. The number of hydrogen-bond donors (Lipinski definition) is 1. The van der Waals surface area contributed by atoms with Crippen LogP contribution >= 0.6 is 0 Å². The van der Waals surface area contributed by atoms with Gasteiger partial charge in [0.05, 0.1) is 0 Å². The summed E-state index contributed by atoms with van der Waals surface area (Å²) >= 11 is 0. The van der Waals surface area contributed by atoms with Crippen molar-refractivity contribution in [2.45, 2.75) is 58.5 Å². The van der Waals surface area contributed by atoms with E-state index < -0.39 is 0 Å². The van der Waals surface area contributed by atoms with Gasteiger partial charge in [-0.2, -0.15) is 0 Å². The number of nitrogens with zero attached hydrogens (tertiary/aromatic N) is 1. The number of hydrogen-bond acceptors (Lipinski definition) is 2. The maximum Gasteiger partial charge on any atom is 0.0390 e. The van der Waals surface area contributed by atoms with Gasteiger partial charge in [0, 0.05) is 18.6 Å². The normalized spacial score (nSPS) is 27.0. The summed E-state index contributed by atoms with van der Waals surface area (Å²) in [5, 5.41) is 3.77. The van der Waals surface area contributed by atoms with E-state index in [1.807, 2.05) is 0 Å². The van der Waals surface area contributed by atoms with Crippen LogP contribution in [0.5, 0.6) is 0 Å². The SMILES string of the molecule is Cc1cc(C)c(C2C(CNC3CC3)CCCN2C)c(C)c1. The lowest BCUT2D eigenvalue weighted by molar-refractivity contribution is 0.118. The van der Waals surface area contributed by atoms with Gasteiger partial charge in [0.15, 0.2) is 0 Å². The molecule has 0 spiro atoms. The molecule has 3 rings (SSSR count). The molecule has 2 fully saturated rings. The molecule has 2 nitrogen and oxygen atoms in total. The molecular weight excluding hydrogens is 256 g/mol. The number of rotatable bonds is 4. The third kappa shape index (κ3) is 3.32. The third-order valence-electron chi connectivity index (χ3n) is 5.29. The summed E-state index contributed by atoms with van der Waals surface area (Å²) in [4.78, 5) is 2.59. The van der Waals surface area contributed by atoms with Crippen molar-refractivity contribution in [2.75, 3.05) is 20.1 Å². The first kappa shape index (κ1) is 15.1. The Labute approximate surface area is 129 Å². The highest BCUT2D eigenvalue weighted by atomic mass is 15.1. The van der Waals surface area contributed by atoms with Crippen LogP contribution < -0.4 is 5.32 Å². The quantitative estimate of drug-likeness (QED) is 0.907. The summed E-state index contributed by atoms with van der Waals surface area (Å²) in [7, 11) is 2.31. The lowest BCUT2D eigenvalue weighted by Crippen LogP contribution is -2.41. The monoisotopic (exact) mass is 286 g/mol. The van der Waals surface area contributed by atoms with Crippen molar-refractivity contribution in [3.05, 3.63) is 34.4 Å². The predicted molar refractivity (Wildman–Crippen MR) is 89.8 cm³/mol. The van der Waals surface area contributed by atoms with E-state index in [-0.39, 0.29) is 0 Å². The molecule has 0 amide bonds. The van der Waals surface area contributed by atoms with E-state index in [9.17, 15) is 0 Å². The number of likely N-dealkylation sites (tertiary alicyclic amines) is 1. The molecule has 2 atom stereocenters. The predicted octanol–water partition coefficient (Wildman–Crippen LogP) is 3.75. The molecule has 1 aromatic rings. The van der Waals surface area contributed by atoms with E-state index in [0.717, 1.165) is 12.0 Å². The second kappa shape index (κ2) is 6.10. The zero-order valence-electron chi connectivity index (χ0n) is 14.1. The number of piperidine rings is 1. The molecule has 1 saturated carbocycles. The van der Waals surface area contributed by atoms with Gasteiger partial charge in [-0.15, -0.1) is 0 Å². The maximum absolute atomic E-state index is 3.77. The molecule has 116 valence electrons. The fourth-order valence-electron chi connectivity index (χ4n) is 4.19. The lowest BCUT2D eigenvalue weighted by atomic mass is 9.81. The first-order valence-electron chi connectivity index (χ1n) is 8.57. The average molecular weight is 286 g/mol. The smallest absolute Gasteiger partial charge is 0.0390 e. The fraction of sp³-hybridized carbons (Fsp3) is 0.684. The number of nitrogens with one attached hydrogen (secondary N) is 1. The average Bonchev–Trinajstić information content (AvgIpc) is 3.21. The Morgan fingerprint density at radius 2 is 1.76 bits per heavy atom. The van der Waals surface area contributed by atoms with Crippen molar-refractivity contribution >= 4 is 0 Å². The van der Waals surface area contributed by atoms with Crippen molar-refractivity contribution < 1.29 is 0 Å². The van der Waals surface area contributed by atoms with Crippen LogP contribution in [-0.2, 0) is 0 Å². The van der Waals surface area contributed by atoms with Crippen LogP contribution in [0.3, 0.4) is 0 Å². The highest BCUT2D eigenvalue weighted by molar-refractivity contribution is 5.40. The van der Waals surface area contributed by atoms with E-state index in [1.54, 1.807) is 5.56 Å². The van der Waals surface area contributed by atoms with Crippen molar-refractivity contribution in [2.24, 2.45) is 5.92 Å². The first-order valence-corrected chi connectivity index (χ1v) is 8.57. The molecule has 1 heterocycles. The van der Waals surface area contributed by atoms with Gasteiger partial charge in [-0.1, -0.05) is 17.7 Å². The van der Waals surface area contributed by atoms with E-state index in [4.69, 9.17) is 0 Å². The topological polar surface area (TPSA) is 15.3 Å². The molecule has 1 saturated heterocycles. The third-order valence-corrected chi connectivity index (χ3v) is 5.29. The van der Waals surface area contributed by atoms with Crippen LogP contribution in [0.1, 0.15) is 54.0 Å². The van der Waals surface area contributed by atoms with Crippen LogP contribution in [0, 0.1) is 26.7 Å². The van der Waals surface area contributed by atoms with Gasteiger partial charge < -0.3 is 5.32 Å². The Kier molecular flexibility index (Phi) is 4.37. The summed E-state index contributed by atoms with van der Waals surface area (Å²) in [6.45, 7) is 9.22. The lowest BCUT2D eigenvalue weighted by Gasteiger charge is -2.41. The van der Waals surface area contributed by atoms with Gasteiger partial charge in [0.25, 0.3) is 0 Å². The molecule has 1 N–H and O–H groups in total. The largest absolute Gasteiger partial charge is 0.314 e. The molecule has 0 radical (unpaired) electrons. The Morgan fingerprint density at radius 1 is 1.10 bits per heavy atom. The molecule has 1 aromatic carbocycles. The minimum atomic E-state index is 0.589. The number of aryl methyl sites for hydroxylation is 3. The molecule has 0 bridgehead atoms. The van der Waals surface area contributed by atoms with E-state index >= 15 is 0 Å². The van der Waals surface area contributed by atoms with Gasteiger partial charge in [-0.3, -0.25) is 4.90 Å². The maximum atomic E-state index is 3.77. The van der Waals surface area contributed by atoms with Crippen molar-refractivity contribution in [1.29, 1.82) is 0 Å². The Hall–Kier alpha value is -0.860. The summed E-state index contributed by atoms with van der Waals surface area (Å²) in [5.41, 5.74) is 5.93. The van der Waals surface area contributed by atoms with Crippen molar-refractivity contribution in [3.8, 4) is 0 Å². The van der Waals surface area contributed by atoms with E-state index in [0.29, 0.717) is 6.04 Å². The first-order chi connectivity index (χ1) is 10.1. The van der Waals surface area contributed by atoms with E-state index in [2.05, 4.69) is 50.2 Å². The Morgan fingerprint density at radius 3 is 2.38 bits per heavy atom. The second-order valence-electron chi connectivity index (χ2n) is 7.32. The molecule has 2 heteroatoms. The van der Waals surface area contributed by atoms with E-state index in [1.165, 1.54) is 55.5 Å². The van der Waals surface area contributed by atoms with Crippen LogP contribution in [-0.4, -0.2) is 31.1 Å². The minimum absolute atomic E-state index is 0.589. The van der Waals surface area contributed by atoms with Gasteiger partial charge in [0.1, 0.15) is 0 Å². The van der Waals surface area contributed by atoms with Gasteiger partial charge in [0.2, 0.25) is 0 Å². The fourth-order valence-corrected chi connectivity index (χ4v) is 4.19. The summed E-state index contributed by atoms with van der Waals surface area (Å²) in [6, 6.07) is 6.12. The second-order valence-corrected chi connectivity index (χ2v) is 7.32. The summed E-state index contributed by atoms with van der Waals surface area (Å²) < 4.78 is 0. The van der Waals surface area contributed by atoms with Crippen LogP contribution in [0.2, 0.25) is 0 Å². The summed E-state index contributed by atoms with van der Waals surface area (Å²) in [6.07, 6.45) is 5.47. The minimum Gasteiger partial charge on any atom is -0.314 e. The molecule has 0 aromatic heterocycles. The highest BCUT2D eigenvalue weighted by Crippen LogP contribution is 2.38. The van der Waals surface area contributed by atoms with Gasteiger partial charge >= 0.3 is 0 Å². The van der Waals surface area contributed by atoms with Gasteiger partial charge in [-0.05, 0) is 82.7 Å². The van der Waals surface area contributed by atoms with Crippen LogP contribution in [0.25, 0.3) is 0 Å².